The van der Waals surface area contributed by atoms with Crippen LogP contribution in [0, 0.1) is 6.92 Å². The van der Waals surface area contributed by atoms with Crippen LogP contribution in [-0.4, -0.2) is 37.0 Å². The zero-order valence-electron chi connectivity index (χ0n) is 11.4. The summed E-state index contributed by atoms with van der Waals surface area (Å²) in [6.07, 6.45) is 0.784. The van der Waals surface area contributed by atoms with Crippen molar-refractivity contribution in [2.45, 2.75) is 20.3 Å². The van der Waals surface area contributed by atoms with Gasteiger partial charge in [-0.2, -0.15) is 0 Å². The van der Waals surface area contributed by atoms with E-state index in [2.05, 4.69) is 20.7 Å². The molecule has 19 heavy (non-hydrogen) atoms. The average molecular weight is 328 g/mol. The number of carbonyl (C=O) groups excluding carboxylic acids is 2. The Morgan fingerprint density at radius 3 is 2.63 bits per heavy atom. The van der Waals surface area contributed by atoms with E-state index in [0.29, 0.717) is 12.1 Å². The van der Waals surface area contributed by atoms with Crippen molar-refractivity contribution in [3.63, 3.8) is 0 Å². The number of carbonyl (C=O) groups is 2. The summed E-state index contributed by atoms with van der Waals surface area (Å²) in [7, 11) is 1.32. The molecule has 4 nitrogen and oxygen atoms in total. The lowest BCUT2D eigenvalue weighted by Crippen LogP contribution is -2.37. The van der Waals surface area contributed by atoms with E-state index < -0.39 is 5.97 Å². The van der Waals surface area contributed by atoms with Crippen molar-refractivity contribution in [2.75, 3.05) is 20.2 Å². The van der Waals surface area contributed by atoms with Crippen molar-refractivity contribution >= 4 is 27.8 Å². The third-order valence-corrected chi connectivity index (χ3v) is 3.80. The summed E-state index contributed by atoms with van der Waals surface area (Å²) >= 11 is 3.42. The van der Waals surface area contributed by atoms with E-state index in [0.717, 1.165) is 16.5 Å². The minimum absolute atomic E-state index is 0.0243. The van der Waals surface area contributed by atoms with Crippen LogP contribution in [0.25, 0.3) is 0 Å². The molecule has 0 radical (unpaired) electrons. The van der Waals surface area contributed by atoms with E-state index in [-0.39, 0.29) is 12.5 Å². The molecule has 0 saturated heterocycles. The first kappa shape index (κ1) is 15.7. The first-order chi connectivity index (χ1) is 9.01. The Hall–Kier alpha value is -1.36. The van der Waals surface area contributed by atoms with Crippen LogP contribution in [0.3, 0.4) is 0 Å². The lowest BCUT2D eigenvalue weighted by atomic mass is 10.1. The third kappa shape index (κ3) is 4.06. The molecule has 0 bridgehead atoms. The van der Waals surface area contributed by atoms with Crippen molar-refractivity contribution in [1.29, 1.82) is 0 Å². The monoisotopic (exact) mass is 327 g/mol. The minimum atomic E-state index is -0.412. The number of aryl methyl sites for hydroxylation is 1. The highest BCUT2D eigenvalue weighted by atomic mass is 79.9. The maximum atomic E-state index is 12.4. The molecule has 0 fully saturated rings. The molecular weight excluding hydrogens is 310 g/mol. The zero-order chi connectivity index (χ0) is 14.4. The molecule has 0 atom stereocenters. The van der Waals surface area contributed by atoms with Gasteiger partial charge < -0.3 is 9.64 Å². The molecule has 1 aromatic rings. The Bertz CT molecular complexity index is 474. The second-order valence-corrected chi connectivity index (χ2v) is 5.03. The number of methoxy groups -OCH3 is 1. The lowest BCUT2D eigenvalue weighted by molar-refractivity contribution is -0.141. The second kappa shape index (κ2) is 7.28. The van der Waals surface area contributed by atoms with Gasteiger partial charge in [-0.05, 0) is 40.9 Å². The van der Waals surface area contributed by atoms with Gasteiger partial charge in [-0.15, -0.1) is 0 Å². The van der Waals surface area contributed by atoms with Gasteiger partial charge in [0.05, 0.1) is 12.7 Å². The fourth-order valence-corrected chi connectivity index (χ4v) is 2.16. The van der Waals surface area contributed by atoms with Crippen LogP contribution in [0.4, 0.5) is 0 Å². The molecule has 0 N–H and O–H groups in total. The van der Waals surface area contributed by atoms with Gasteiger partial charge in [-0.1, -0.05) is 19.1 Å². The van der Waals surface area contributed by atoms with Crippen LogP contribution in [0.5, 0.6) is 0 Å². The van der Waals surface area contributed by atoms with Crippen molar-refractivity contribution in [3.05, 3.63) is 33.8 Å². The number of nitrogens with zero attached hydrogens (tertiary/aromatic N) is 1. The number of amides is 1. The molecule has 1 rings (SSSR count). The Balaban J connectivity index is 2.98. The molecule has 0 aliphatic rings. The molecule has 1 aromatic carbocycles. The molecule has 0 saturated carbocycles. The van der Waals surface area contributed by atoms with Crippen molar-refractivity contribution < 1.29 is 14.3 Å². The highest BCUT2D eigenvalue weighted by Crippen LogP contribution is 2.22. The topological polar surface area (TPSA) is 46.6 Å². The standard InChI is InChI=1S/C14H18BrNO3/c1-4-8-16(9-12(17)19-3)14(18)11-7-5-6-10(2)13(11)15/h5-7H,4,8-9H2,1-3H3. The summed E-state index contributed by atoms with van der Waals surface area (Å²) in [4.78, 5) is 25.3. The van der Waals surface area contributed by atoms with E-state index >= 15 is 0 Å². The van der Waals surface area contributed by atoms with Gasteiger partial charge in [0.15, 0.2) is 0 Å². The van der Waals surface area contributed by atoms with Gasteiger partial charge in [-0.3, -0.25) is 9.59 Å². The van der Waals surface area contributed by atoms with Crippen LogP contribution >= 0.6 is 15.9 Å². The van der Waals surface area contributed by atoms with Gasteiger partial charge >= 0.3 is 5.97 Å². The molecular formula is C14H18BrNO3. The van der Waals surface area contributed by atoms with Crippen LogP contribution < -0.4 is 0 Å². The number of halogens is 1. The summed E-state index contributed by atoms with van der Waals surface area (Å²) in [6, 6.07) is 5.50. The fourth-order valence-electron chi connectivity index (χ4n) is 1.73. The van der Waals surface area contributed by atoms with E-state index in [9.17, 15) is 9.59 Å². The highest BCUT2D eigenvalue weighted by Gasteiger charge is 2.20. The summed E-state index contributed by atoms with van der Waals surface area (Å²) in [5, 5.41) is 0. The van der Waals surface area contributed by atoms with E-state index in [1.165, 1.54) is 12.0 Å². The molecule has 1 amide bonds. The SMILES string of the molecule is CCCN(CC(=O)OC)C(=O)c1cccc(C)c1Br. The first-order valence-corrected chi connectivity index (χ1v) is 6.91. The van der Waals surface area contributed by atoms with E-state index in [1.807, 2.05) is 26.0 Å². The Labute approximate surface area is 121 Å². The quantitative estimate of drug-likeness (QED) is 0.781. The predicted octanol–water partition coefficient (Wildman–Crippen LogP) is 2.78. The van der Waals surface area contributed by atoms with Gasteiger partial charge in [0, 0.05) is 11.0 Å². The summed E-state index contributed by atoms with van der Waals surface area (Å²) < 4.78 is 5.39. The Morgan fingerprint density at radius 2 is 2.05 bits per heavy atom. The van der Waals surface area contributed by atoms with Gasteiger partial charge in [0.2, 0.25) is 0 Å². The average Bonchev–Trinajstić information content (AvgIpc) is 2.40. The molecule has 0 aliphatic carbocycles. The molecule has 0 spiro atoms. The van der Waals surface area contributed by atoms with Gasteiger partial charge in [-0.25, -0.2) is 0 Å². The molecule has 0 heterocycles. The number of esters is 1. The van der Waals surface area contributed by atoms with Crippen molar-refractivity contribution in [1.82, 2.24) is 4.90 Å². The zero-order valence-corrected chi connectivity index (χ0v) is 13.0. The van der Waals surface area contributed by atoms with Crippen LogP contribution in [0.1, 0.15) is 29.3 Å². The molecule has 104 valence electrons. The summed E-state index contributed by atoms with van der Waals surface area (Å²) in [5.41, 5.74) is 1.55. The highest BCUT2D eigenvalue weighted by molar-refractivity contribution is 9.10. The third-order valence-electron chi connectivity index (χ3n) is 2.75. The second-order valence-electron chi connectivity index (χ2n) is 4.24. The predicted molar refractivity (Wildman–Crippen MR) is 77.1 cm³/mol. The Kier molecular flexibility index (Phi) is 6.02. The summed E-state index contributed by atoms with van der Waals surface area (Å²) in [6.45, 7) is 4.38. The maximum absolute atomic E-state index is 12.4. The van der Waals surface area contributed by atoms with Crippen LogP contribution in [0.15, 0.2) is 22.7 Å². The van der Waals surface area contributed by atoms with Crippen molar-refractivity contribution in [3.8, 4) is 0 Å². The van der Waals surface area contributed by atoms with E-state index in [4.69, 9.17) is 0 Å². The smallest absolute Gasteiger partial charge is 0.325 e. The first-order valence-electron chi connectivity index (χ1n) is 6.12. The number of ether oxygens (including phenoxy) is 1. The molecule has 0 aliphatic heterocycles. The van der Waals surface area contributed by atoms with Crippen molar-refractivity contribution in [2.24, 2.45) is 0 Å². The number of hydrogen-bond donors (Lipinski definition) is 0. The molecule has 0 unspecified atom stereocenters. The number of hydrogen-bond acceptors (Lipinski definition) is 3. The molecule has 5 heteroatoms. The van der Waals surface area contributed by atoms with E-state index in [1.54, 1.807) is 6.07 Å². The minimum Gasteiger partial charge on any atom is -0.468 e. The van der Waals surface area contributed by atoms with Gasteiger partial charge in [0.25, 0.3) is 5.91 Å². The lowest BCUT2D eigenvalue weighted by Gasteiger charge is -2.21. The Morgan fingerprint density at radius 1 is 1.37 bits per heavy atom. The fraction of sp³-hybridized carbons (Fsp3) is 0.429. The van der Waals surface area contributed by atoms with Crippen LogP contribution in [0.2, 0.25) is 0 Å². The number of benzene rings is 1. The summed E-state index contributed by atoms with van der Waals surface area (Å²) in [5.74, 6) is -0.576. The van der Waals surface area contributed by atoms with Gasteiger partial charge in [0.1, 0.15) is 6.54 Å². The largest absolute Gasteiger partial charge is 0.468 e. The maximum Gasteiger partial charge on any atom is 0.325 e. The number of rotatable bonds is 5. The molecule has 0 aromatic heterocycles. The van der Waals surface area contributed by atoms with Crippen LogP contribution in [-0.2, 0) is 9.53 Å². The normalized spacial score (nSPS) is 10.1.